The number of rotatable bonds is 6. The molecule has 160 valence electrons. The van der Waals surface area contributed by atoms with E-state index in [9.17, 15) is 19.2 Å². The molecule has 4 rings (SSSR count). The van der Waals surface area contributed by atoms with Gasteiger partial charge in [-0.2, -0.15) is 0 Å². The second kappa shape index (κ2) is 7.97. The topological polar surface area (TPSA) is 89.5 Å². The Morgan fingerprint density at radius 1 is 1.13 bits per heavy atom. The number of benzene rings is 1. The Morgan fingerprint density at radius 2 is 1.83 bits per heavy atom. The number of nitrogens with one attached hydrogen (secondary N) is 1. The van der Waals surface area contributed by atoms with Crippen molar-refractivity contribution in [2.75, 3.05) is 6.61 Å². The normalized spacial score (nSPS) is 26.4. The maximum Gasteiger partial charge on any atom is 0.294 e. The van der Waals surface area contributed by atoms with Crippen LogP contribution in [-0.4, -0.2) is 30.0 Å². The molecule has 2 atom stereocenters. The molecule has 1 aliphatic heterocycles. The highest BCUT2D eigenvalue weighted by molar-refractivity contribution is 6.48. The lowest BCUT2D eigenvalue weighted by molar-refractivity contribution is -0.136. The van der Waals surface area contributed by atoms with Crippen LogP contribution < -0.4 is 10.1 Å². The third kappa shape index (κ3) is 3.44. The fourth-order valence-corrected chi connectivity index (χ4v) is 5.57. The van der Waals surface area contributed by atoms with Crippen molar-refractivity contribution in [2.24, 2.45) is 17.3 Å². The number of carbonyl (C=O) groups excluding carboxylic acids is 4. The summed E-state index contributed by atoms with van der Waals surface area (Å²) >= 11 is 12.9. The molecule has 2 fully saturated rings. The first-order valence-corrected chi connectivity index (χ1v) is 11.1. The number of hydrogen-bond donors (Lipinski definition) is 1. The molecule has 1 N–H and O–H groups in total. The molecule has 3 aliphatic rings. The minimum atomic E-state index is -0.954. The van der Waals surface area contributed by atoms with Crippen molar-refractivity contribution in [3.8, 4) is 5.75 Å². The molecular weight excluding hydrogens is 429 g/mol. The molecule has 1 heterocycles. The van der Waals surface area contributed by atoms with Gasteiger partial charge < -0.3 is 4.74 Å². The zero-order valence-corrected chi connectivity index (χ0v) is 18.2. The van der Waals surface area contributed by atoms with Gasteiger partial charge in [-0.05, 0) is 49.7 Å². The summed E-state index contributed by atoms with van der Waals surface area (Å²) in [7, 11) is 0. The molecule has 1 aromatic carbocycles. The Kier molecular flexibility index (Phi) is 5.66. The summed E-state index contributed by atoms with van der Waals surface area (Å²) < 4.78 is 5.77. The van der Waals surface area contributed by atoms with Crippen molar-refractivity contribution < 1.29 is 23.9 Å². The van der Waals surface area contributed by atoms with Crippen LogP contribution in [0.5, 0.6) is 5.75 Å². The standard InChI is InChI=1S/C22H23Cl2NO5/c1-22(12-5-2-3-6-12)10-11-9-14(16(23)17(24)15(11)19(22)27)30-8-4-7-13-18(26)21(29)25-20(13)28/h9,12-13H,2-8,10H2,1H3,(H,25,28,29). The number of hydrogen-bond acceptors (Lipinski definition) is 5. The lowest BCUT2D eigenvalue weighted by Gasteiger charge is -2.29. The Morgan fingerprint density at radius 3 is 2.47 bits per heavy atom. The lowest BCUT2D eigenvalue weighted by Crippen LogP contribution is -2.32. The van der Waals surface area contributed by atoms with Crippen molar-refractivity contribution in [3.05, 3.63) is 27.2 Å². The van der Waals surface area contributed by atoms with E-state index in [0.717, 1.165) is 31.2 Å². The fraction of sp³-hybridized carbons (Fsp3) is 0.545. The number of ketones is 2. The molecule has 0 spiro atoms. The molecule has 2 aliphatic carbocycles. The first-order valence-electron chi connectivity index (χ1n) is 10.3. The summed E-state index contributed by atoms with van der Waals surface area (Å²) in [6.45, 7) is 2.23. The first kappa shape index (κ1) is 21.3. The van der Waals surface area contributed by atoms with Crippen LogP contribution in [0.25, 0.3) is 0 Å². The van der Waals surface area contributed by atoms with Gasteiger partial charge in [-0.1, -0.05) is 43.0 Å². The smallest absolute Gasteiger partial charge is 0.294 e. The third-order valence-corrected chi connectivity index (χ3v) is 7.65. The highest BCUT2D eigenvalue weighted by atomic mass is 35.5. The van der Waals surface area contributed by atoms with E-state index >= 15 is 0 Å². The van der Waals surface area contributed by atoms with Crippen molar-refractivity contribution in [3.63, 3.8) is 0 Å². The summed E-state index contributed by atoms with van der Waals surface area (Å²) in [4.78, 5) is 47.7. The number of carbonyl (C=O) groups is 4. The highest BCUT2D eigenvalue weighted by Gasteiger charge is 2.49. The van der Waals surface area contributed by atoms with Gasteiger partial charge in [0.05, 0.1) is 11.6 Å². The zero-order valence-electron chi connectivity index (χ0n) is 16.7. The highest BCUT2D eigenvalue weighted by Crippen LogP contribution is 2.52. The number of imide groups is 1. The largest absolute Gasteiger partial charge is 0.492 e. The number of Topliss-reactive ketones (excluding diaryl/α,β-unsaturated/α-hetero) is 2. The molecule has 6 nitrogen and oxygen atoms in total. The summed E-state index contributed by atoms with van der Waals surface area (Å²) in [5, 5.41) is 2.44. The molecule has 0 aromatic heterocycles. The summed E-state index contributed by atoms with van der Waals surface area (Å²) in [5.74, 6) is -2.26. The summed E-state index contributed by atoms with van der Waals surface area (Å²) in [5.41, 5.74) is 0.914. The van der Waals surface area contributed by atoms with Crippen molar-refractivity contribution >= 4 is 46.6 Å². The predicted octanol–water partition coefficient (Wildman–Crippen LogP) is 3.93. The van der Waals surface area contributed by atoms with Gasteiger partial charge in [0.2, 0.25) is 11.7 Å². The number of ether oxygens (including phenoxy) is 1. The quantitative estimate of drug-likeness (QED) is 0.306. The third-order valence-electron chi connectivity index (χ3n) is 6.80. The predicted molar refractivity (Wildman–Crippen MR) is 111 cm³/mol. The van der Waals surface area contributed by atoms with E-state index in [0.29, 0.717) is 30.1 Å². The second-order valence-electron chi connectivity index (χ2n) is 8.67. The van der Waals surface area contributed by atoms with E-state index in [1.807, 2.05) is 12.2 Å². The average molecular weight is 452 g/mol. The second-order valence-corrected chi connectivity index (χ2v) is 9.42. The molecule has 2 unspecified atom stereocenters. The minimum Gasteiger partial charge on any atom is -0.492 e. The van der Waals surface area contributed by atoms with Gasteiger partial charge >= 0.3 is 0 Å². The first-order chi connectivity index (χ1) is 14.2. The monoisotopic (exact) mass is 451 g/mol. The number of amides is 2. The van der Waals surface area contributed by atoms with E-state index in [2.05, 4.69) is 0 Å². The van der Waals surface area contributed by atoms with E-state index in [4.69, 9.17) is 27.9 Å². The SMILES string of the molecule is CC1(C2CCCC2)Cc2cc(OCCCC3C(=O)NC(=O)C3=O)c(Cl)c(Cl)c2C1=O. The van der Waals surface area contributed by atoms with Gasteiger partial charge in [0.25, 0.3) is 5.91 Å². The van der Waals surface area contributed by atoms with Gasteiger partial charge in [0, 0.05) is 11.0 Å². The van der Waals surface area contributed by atoms with Crippen LogP contribution in [0.2, 0.25) is 10.0 Å². The van der Waals surface area contributed by atoms with E-state index in [1.165, 1.54) is 0 Å². The van der Waals surface area contributed by atoms with Gasteiger partial charge in [0.15, 0.2) is 5.78 Å². The number of halogens is 2. The van der Waals surface area contributed by atoms with E-state index in [-0.39, 0.29) is 28.9 Å². The minimum absolute atomic E-state index is 0.0678. The molecular formula is C22H23Cl2NO5. The van der Waals surface area contributed by atoms with Crippen LogP contribution >= 0.6 is 23.2 Å². The van der Waals surface area contributed by atoms with Gasteiger partial charge in [-0.25, -0.2) is 0 Å². The maximum absolute atomic E-state index is 13.2. The van der Waals surface area contributed by atoms with Gasteiger partial charge in [-0.3, -0.25) is 24.5 Å². The van der Waals surface area contributed by atoms with Crippen molar-refractivity contribution in [2.45, 2.75) is 51.9 Å². The molecule has 8 heteroatoms. The molecule has 0 bridgehead atoms. The van der Waals surface area contributed by atoms with Crippen LogP contribution in [-0.2, 0) is 20.8 Å². The molecule has 30 heavy (non-hydrogen) atoms. The van der Waals surface area contributed by atoms with Crippen LogP contribution in [0.1, 0.15) is 61.4 Å². The van der Waals surface area contributed by atoms with E-state index in [1.54, 1.807) is 6.07 Å². The Labute approximate surface area is 184 Å². The van der Waals surface area contributed by atoms with Crippen LogP contribution in [0.4, 0.5) is 0 Å². The number of fused-ring (bicyclic) bond motifs is 1. The molecule has 1 aromatic rings. The zero-order chi connectivity index (χ0) is 21.6. The van der Waals surface area contributed by atoms with E-state index < -0.39 is 28.9 Å². The summed E-state index contributed by atoms with van der Waals surface area (Å²) in [6, 6.07) is 1.79. The Balaban J connectivity index is 1.45. The van der Waals surface area contributed by atoms with Crippen LogP contribution in [0.3, 0.4) is 0 Å². The van der Waals surface area contributed by atoms with Gasteiger partial charge in [0.1, 0.15) is 16.7 Å². The average Bonchev–Trinajstić information content (AvgIpc) is 3.38. The molecule has 0 radical (unpaired) electrons. The Hall–Kier alpha value is -1.92. The summed E-state index contributed by atoms with van der Waals surface area (Å²) in [6.07, 6.45) is 5.64. The molecule has 1 saturated carbocycles. The Bertz CT molecular complexity index is 953. The maximum atomic E-state index is 13.2. The molecule has 2 amide bonds. The molecule has 1 saturated heterocycles. The van der Waals surface area contributed by atoms with Crippen molar-refractivity contribution in [1.29, 1.82) is 0 Å². The fourth-order valence-electron chi connectivity index (χ4n) is 5.07. The van der Waals surface area contributed by atoms with Crippen LogP contribution in [0.15, 0.2) is 6.07 Å². The van der Waals surface area contributed by atoms with Crippen molar-refractivity contribution in [1.82, 2.24) is 5.32 Å². The van der Waals surface area contributed by atoms with Crippen LogP contribution in [0, 0.1) is 17.3 Å². The van der Waals surface area contributed by atoms with Gasteiger partial charge in [-0.15, -0.1) is 0 Å². The lowest BCUT2D eigenvalue weighted by atomic mass is 9.73.